The first-order valence-corrected chi connectivity index (χ1v) is 8.32. The molecule has 1 unspecified atom stereocenters. The molecule has 0 spiro atoms. The monoisotopic (exact) mass is 365 g/mol. The van der Waals surface area contributed by atoms with Gasteiger partial charge in [0.2, 0.25) is 5.71 Å². The molecule has 0 aromatic carbocycles. The normalized spacial score (nSPS) is 22.5. The third-order valence-corrected chi connectivity index (χ3v) is 4.86. The molecule has 1 fully saturated rings. The van der Waals surface area contributed by atoms with Gasteiger partial charge in [0, 0.05) is 5.75 Å². The maximum atomic E-state index is 12.5. The number of β-lactam (4-membered cyclic amide) rings is 1. The number of hydrogen-bond donors (Lipinski definition) is 1. The Kier molecular flexibility index (Phi) is 4.79. The Labute approximate surface area is 147 Å². The van der Waals surface area contributed by atoms with E-state index < -0.39 is 23.8 Å². The fourth-order valence-electron chi connectivity index (χ4n) is 2.55. The molecule has 10 heteroatoms. The first kappa shape index (κ1) is 17.1. The second-order valence-corrected chi connectivity index (χ2v) is 6.21. The summed E-state index contributed by atoms with van der Waals surface area (Å²) in [6.45, 7) is 0. The van der Waals surface area contributed by atoms with Crippen LogP contribution in [-0.4, -0.2) is 59.8 Å². The van der Waals surface area contributed by atoms with E-state index in [1.807, 2.05) is 0 Å². The van der Waals surface area contributed by atoms with E-state index in [1.54, 1.807) is 18.2 Å². The van der Waals surface area contributed by atoms with Crippen LogP contribution < -0.4 is 5.32 Å². The van der Waals surface area contributed by atoms with Gasteiger partial charge < -0.3 is 19.3 Å². The second-order valence-electron chi connectivity index (χ2n) is 5.06. The van der Waals surface area contributed by atoms with E-state index in [0.29, 0.717) is 5.75 Å². The van der Waals surface area contributed by atoms with Crippen molar-refractivity contribution in [3.8, 4) is 0 Å². The van der Waals surface area contributed by atoms with Gasteiger partial charge in [0.15, 0.2) is 5.76 Å². The lowest BCUT2D eigenvalue weighted by Gasteiger charge is -2.48. The zero-order valence-corrected chi connectivity index (χ0v) is 14.2. The molecular formula is C15H15N3O6S. The summed E-state index contributed by atoms with van der Waals surface area (Å²) in [4.78, 5) is 42.6. The van der Waals surface area contributed by atoms with Gasteiger partial charge in [0.05, 0.1) is 13.4 Å². The predicted molar refractivity (Wildman–Crippen MR) is 87.4 cm³/mol. The van der Waals surface area contributed by atoms with E-state index in [-0.39, 0.29) is 22.5 Å². The van der Waals surface area contributed by atoms with E-state index in [2.05, 4.69) is 20.0 Å². The average molecular weight is 365 g/mol. The predicted octanol–water partition coefficient (Wildman–Crippen LogP) is 0.0869. The van der Waals surface area contributed by atoms with Crippen molar-refractivity contribution in [2.24, 2.45) is 5.16 Å². The summed E-state index contributed by atoms with van der Waals surface area (Å²) in [6.07, 6.45) is 3.03. The lowest BCUT2D eigenvalue weighted by atomic mass is 10.0. The maximum Gasteiger partial charge on any atom is 0.354 e. The van der Waals surface area contributed by atoms with E-state index in [4.69, 9.17) is 4.42 Å². The van der Waals surface area contributed by atoms with Gasteiger partial charge in [-0.25, -0.2) is 4.79 Å². The molecule has 0 aliphatic carbocycles. The van der Waals surface area contributed by atoms with Crippen LogP contribution in [0.15, 0.2) is 39.7 Å². The minimum absolute atomic E-state index is 0.0803. The summed E-state index contributed by atoms with van der Waals surface area (Å²) in [5.41, 5.74) is 0.113. The molecule has 25 heavy (non-hydrogen) atoms. The number of esters is 1. The maximum absolute atomic E-state index is 12.5. The van der Waals surface area contributed by atoms with Crippen molar-refractivity contribution in [2.75, 3.05) is 20.0 Å². The molecule has 3 heterocycles. The number of carbonyl (C=O) groups is 3. The molecule has 0 saturated carbocycles. The van der Waals surface area contributed by atoms with Crippen LogP contribution in [0.25, 0.3) is 0 Å². The molecule has 1 saturated heterocycles. The molecule has 2 aliphatic rings. The van der Waals surface area contributed by atoms with Crippen LogP contribution in [0.1, 0.15) is 5.76 Å². The number of carbonyl (C=O) groups excluding carboxylic acids is 3. The Bertz CT molecular complexity index is 757. The van der Waals surface area contributed by atoms with Gasteiger partial charge in [-0.2, -0.15) is 0 Å². The topological polar surface area (TPSA) is 110 Å². The van der Waals surface area contributed by atoms with Crippen LogP contribution in [0.2, 0.25) is 0 Å². The largest absolute Gasteiger partial charge is 0.464 e. The van der Waals surface area contributed by atoms with Crippen LogP contribution in [-0.2, 0) is 24.0 Å². The van der Waals surface area contributed by atoms with Crippen LogP contribution >= 0.6 is 11.8 Å². The molecule has 3 rings (SSSR count). The van der Waals surface area contributed by atoms with Gasteiger partial charge in [0.25, 0.3) is 11.8 Å². The average Bonchev–Trinajstić information content (AvgIpc) is 3.16. The van der Waals surface area contributed by atoms with Gasteiger partial charge in [-0.1, -0.05) is 5.16 Å². The summed E-state index contributed by atoms with van der Waals surface area (Å²) in [5.74, 6) is -0.833. The summed E-state index contributed by atoms with van der Waals surface area (Å²) in [7, 11) is 2.55. The molecular weight excluding hydrogens is 350 g/mol. The Balaban J connectivity index is 1.73. The van der Waals surface area contributed by atoms with Gasteiger partial charge in [-0.05, 0) is 18.2 Å². The summed E-state index contributed by atoms with van der Waals surface area (Å²) >= 11 is 1.43. The van der Waals surface area contributed by atoms with Crippen molar-refractivity contribution in [1.82, 2.24) is 10.2 Å². The van der Waals surface area contributed by atoms with Gasteiger partial charge >= 0.3 is 5.97 Å². The number of nitrogens with zero attached hydrogens (tertiary/aromatic N) is 2. The number of nitrogens with one attached hydrogen (secondary N) is 1. The highest BCUT2D eigenvalue weighted by molar-refractivity contribution is 8.00. The summed E-state index contributed by atoms with van der Waals surface area (Å²) < 4.78 is 9.84. The van der Waals surface area contributed by atoms with E-state index in [0.717, 1.165) is 0 Å². The molecule has 9 nitrogen and oxygen atoms in total. The molecule has 1 N–H and O–H groups in total. The minimum Gasteiger partial charge on any atom is -0.464 e. The van der Waals surface area contributed by atoms with Crippen LogP contribution in [0.5, 0.6) is 0 Å². The highest BCUT2D eigenvalue weighted by Gasteiger charge is 2.53. The van der Waals surface area contributed by atoms with Crippen molar-refractivity contribution in [3.63, 3.8) is 0 Å². The van der Waals surface area contributed by atoms with Crippen LogP contribution in [0.4, 0.5) is 0 Å². The second kappa shape index (κ2) is 7.01. The van der Waals surface area contributed by atoms with Crippen molar-refractivity contribution >= 4 is 35.3 Å². The number of fused-ring (bicyclic) bond motifs is 1. The molecule has 0 bridgehead atoms. The number of hydrogen-bond acceptors (Lipinski definition) is 8. The molecule has 2 amide bonds. The zero-order chi connectivity index (χ0) is 18.0. The van der Waals surface area contributed by atoms with Crippen molar-refractivity contribution in [3.05, 3.63) is 35.9 Å². The first-order valence-electron chi connectivity index (χ1n) is 7.27. The number of furan rings is 1. The summed E-state index contributed by atoms with van der Waals surface area (Å²) in [5, 5.41) is 5.89. The van der Waals surface area contributed by atoms with E-state index >= 15 is 0 Å². The standard InChI is InChI=1S/C15H15N3O6S/c1-22-15(21)8-5-7-25-14-11(13(20)18(8)14)16-12(19)10(17-23-2)9-4-3-6-24-9/h3-6,11,14H,7H2,1-2H3,(H,16,19)/b17-10-/t11?,14-/m1/s1. The molecule has 0 radical (unpaired) electrons. The fraction of sp³-hybridized carbons (Fsp3) is 0.333. The molecule has 2 aliphatic heterocycles. The lowest BCUT2D eigenvalue weighted by molar-refractivity contribution is -0.151. The molecule has 1 aromatic heterocycles. The zero-order valence-electron chi connectivity index (χ0n) is 13.4. The highest BCUT2D eigenvalue weighted by atomic mass is 32.2. The number of thioether (sulfide) groups is 1. The Morgan fingerprint density at radius 3 is 2.88 bits per heavy atom. The Hall–Kier alpha value is -2.75. The third kappa shape index (κ3) is 3.00. The minimum atomic E-state index is -0.775. The van der Waals surface area contributed by atoms with Gasteiger partial charge in [0.1, 0.15) is 24.2 Å². The van der Waals surface area contributed by atoms with Crippen molar-refractivity contribution in [1.29, 1.82) is 0 Å². The van der Waals surface area contributed by atoms with Gasteiger partial charge in [-0.15, -0.1) is 11.8 Å². The smallest absolute Gasteiger partial charge is 0.354 e. The fourth-order valence-corrected chi connectivity index (χ4v) is 3.74. The number of ether oxygens (including phenoxy) is 1. The van der Waals surface area contributed by atoms with E-state index in [9.17, 15) is 14.4 Å². The van der Waals surface area contributed by atoms with E-state index in [1.165, 1.54) is 37.1 Å². The first-order chi connectivity index (χ1) is 12.1. The number of methoxy groups -OCH3 is 1. The quantitative estimate of drug-likeness (QED) is 0.341. The third-order valence-electron chi connectivity index (χ3n) is 3.68. The number of oxime groups is 1. The lowest BCUT2D eigenvalue weighted by Crippen LogP contribution is -2.70. The van der Waals surface area contributed by atoms with Crippen LogP contribution in [0, 0.1) is 0 Å². The molecule has 2 atom stereocenters. The summed E-state index contributed by atoms with van der Waals surface area (Å²) in [6, 6.07) is 2.39. The van der Waals surface area contributed by atoms with Gasteiger partial charge in [-0.3, -0.25) is 14.5 Å². The number of amides is 2. The molecule has 1 aromatic rings. The number of rotatable bonds is 5. The highest BCUT2D eigenvalue weighted by Crippen LogP contribution is 2.37. The Morgan fingerprint density at radius 2 is 2.24 bits per heavy atom. The van der Waals surface area contributed by atoms with Crippen LogP contribution in [0.3, 0.4) is 0 Å². The molecule has 132 valence electrons. The van der Waals surface area contributed by atoms with Crippen molar-refractivity contribution < 1.29 is 28.4 Å². The SMILES string of the molecule is CO/N=C(\C(=O)NC1C(=O)N2C(C(=O)OC)=CCS[C@H]12)c1ccco1. The van der Waals surface area contributed by atoms with Crippen molar-refractivity contribution in [2.45, 2.75) is 11.4 Å². The Morgan fingerprint density at radius 1 is 1.44 bits per heavy atom.